The quantitative estimate of drug-likeness (QED) is 0.389. The second kappa shape index (κ2) is 5.78. The predicted molar refractivity (Wildman–Crippen MR) is 77.3 cm³/mol. The number of benzene rings is 1. The molecule has 21 heavy (non-hydrogen) atoms. The molecule has 1 aliphatic rings. The molecule has 1 aliphatic carbocycles. The first kappa shape index (κ1) is 13.4. The number of oxime groups is 1. The van der Waals surface area contributed by atoms with Gasteiger partial charge in [0.05, 0.1) is 12.4 Å². The normalized spacial score (nSPS) is 18.1. The number of aryl methyl sites for hydroxylation is 1. The number of nitrogens with zero attached hydrogens (tertiary/aromatic N) is 3. The highest BCUT2D eigenvalue weighted by Crippen LogP contribution is 2.32. The highest BCUT2D eigenvalue weighted by molar-refractivity contribution is 5.94. The van der Waals surface area contributed by atoms with E-state index in [1.807, 2.05) is 12.1 Å². The molecule has 3 rings (SSSR count). The number of fused-ring (bicyclic) bond motifs is 1. The molecule has 1 aromatic heterocycles. The van der Waals surface area contributed by atoms with Crippen LogP contribution in [0.3, 0.4) is 0 Å². The lowest BCUT2D eigenvalue weighted by Gasteiger charge is -2.25. The summed E-state index contributed by atoms with van der Waals surface area (Å²) in [6.07, 6.45) is 6.06. The zero-order valence-corrected chi connectivity index (χ0v) is 11.4. The third kappa shape index (κ3) is 2.79. The highest BCUT2D eigenvalue weighted by atomic mass is 16.5. The van der Waals surface area contributed by atoms with Gasteiger partial charge in [0.1, 0.15) is 11.8 Å². The Morgan fingerprint density at radius 1 is 1.29 bits per heavy atom. The summed E-state index contributed by atoms with van der Waals surface area (Å²) < 4.78 is 5.93. The first-order chi connectivity index (χ1) is 10.3. The topological polar surface area (TPSA) is 93.6 Å². The molecule has 0 bridgehead atoms. The van der Waals surface area contributed by atoms with Gasteiger partial charge in [-0.3, -0.25) is 0 Å². The Morgan fingerprint density at radius 2 is 2.14 bits per heavy atom. The molecular formula is C15H16N4O2. The predicted octanol–water partition coefficient (Wildman–Crippen LogP) is 2.03. The first-order valence-corrected chi connectivity index (χ1v) is 6.82. The summed E-state index contributed by atoms with van der Waals surface area (Å²) in [5, 5.41) is 11.5. The van der Waals surface area contributed by atoms with Gasteiger partial charge in [0.15, 0.2) is 5.84 Å². The number of rotatable bonds is 3. The largest absolute Gasteiger partial charge is 0.468 e. The van der Waals surface area contributed by atoms with Gasteiger partial charge < -0.3 is 15.7 Å². The fraction of sp³-hybridized carbons (Fsp3) is 0.267. The lowest BCUT2D eigenvalue weighted by Crippen LogP contribution is -2.17. The highest BCUT2D eigenvalue weighted by Gasteiger charge is 2.21. The van der Waals surface area contributed by atoms with Crippen molar-refractivity contribution in [2.24, 2.45) is 10.9 Å². The number of nitrogens with two attached hydrogens (primary N) is 1. The van der Waals surface area contributed by atoms with Crippen molar-refractivity contribution in [3.63, 3.8) is 0 Å². The lowest BCUT2D eigenvalue weighted by atomic mass is 9.89. The molecule has 2 aromatic rings. The van der Waals surface area contributed by atoms with Gasteiger partial charge in [-0.15, -0.1) is 0 Å². The maximum absolute atomic E-state index is 8.59. The van der Waals surface area contributed by atoms with E-state index in [-0.39, 0.29) is 11.9 Å². The van der Waals surface area contributed by atoms with E-state index in [1.165, 1.54) is 23.5 Å². The molecule has 0 saturated carbocycles. The minimum atomic E-state index is -0.0722. The molecule has 1 heterocycles. The van der Waals surface area contributed by atoms with E-state index in [0.29, 0.717) is 11.6 Å². The number of ether oxygens (including phenoxy) is 1. The molecule has 1 atom stereocenters. The molecule has 108 valence electrons. The zero-order valence-electron chi connectivity index (χ0n) is 11.4. The number of aromatic nitrogens is 2. The van der Waals surface area contributed by atoms with Crippen LogP contribution in [0, 0.1) is 0 Å². The molecule has 6 heteroatoms. The van der Waals surface area contributed by atoms with Gasteiger partial charge in [0, 0.05) is 0 Å². The fourth-order valence-electron chi connectivity index (χ4n) is 2.54. The molecule has 1 unspecified atom stereocenters. The van der Waals surface area contributed by atoms with Crippen LogP contribution in [-0.2, 0) is 6.42 Å². The summed E-state index contributed by atoms with van der Waals surface area (Å²) in [4.78, 5) is 8.23. The standard InChI is InChI=1S/C15H16N4O2/c16-15(19-20)12-8-18-14(9-17-12)21-13-7-3-5-10-4-1-2-6-11(10)13/h1-2,4,6,8-9,13,20H,3,5,7H2,(H2,16,19). The summed E-state index contributed by atoms with van der Waals surface area (Å²) in [6.45, 7) is 0. The average Bonchev–Trinajstić information content (AvgIpc) is 2.55. The third-order valence-electron chi connectivity index (χ3n) is 3.58. The summed E-state index contributed by atoms with van der Waals surface area (Å²) in [5.41, 5.74) is 8.30. The van der Waals surface area contributed by atoms with Crippen LogP contribution in [-0.4, -0.2) is 21.0 Å². The molecule has 3 N–H and O–H groups in total. The second-order valence-corrected chi connectivity index (χ2v) is 4.92. The van der Waals surface area contributed by atoms with Crippen molar-refractivity contribution in [2.45, 2.75) is 25.4 Å². The van der Waals surface area contributed by atoms with Gasteiger partial charge in [-0.1, -0.05) is 29.4 Å². The van der Waals surface area contributed by atoms with Crippen LogP contribution in [0.2, 0.25) is 0 Å². The number of hydrogen-bond donors (Lipinski definition) is 2. The van der Waals surface area contributed by atoms with E-state index in [1.54, 1.807) is 0 Å². The second-order valence-electron chi connectivity index (χ2n) is 4.92. The van der Waals surface area contributed by atoms with E-state index in [9.17, 15) is 0 Å². The molecule has 6 nitrogen and oxygen atoms in total. The third-order valence-corrected chi connectivity index (χ3v) is 3.58. The monoisotopic (exact) mass is 284 g/mol. The molecule has 0 spiro atoms. The van der Waals surface area contributed by atoms with Gasteiger partial charge in [-0.2, -0.15) is 0 Å². The van der Waals surface area contributed by atoms with Crippen molar-refractivity contribution in [2.75, 3.05) is 0 Å². The van der Waals surface area contributed by atoms with Gasteiger partial charge >= 0.3 is 0 Å². The smallest absolute Gasteiger partial charge is 0.232 e. The summed E-state index contributed by atoms with van der Waals surface area (Å²) in [7, 11) is 0. The van der Waals surface area contributed by atoms with E-state index in [0.717, 1.165) is 19.3 Å². The zero-order chi connectivity index (χ0) is 14.7. The Kier molecular flexibility index (Phi) is 3.68. The Bertz CT molecular complexity index is 655. The molecule has 0 saturated heterocycles. The summed E-state index contributed by atoms with van der Waals surface area (Å²) in [5.74, 6) is 0.364. The summed E-state index contributed by atoms with van der Waals surface area (Å²) >= 11 is 0. The lowest BCUT2D eigenvalue weighted by molar-refractivity contribution is 0.175. The van der Waals surface area contributed by atoms with Crippen LogP contribution in [0.1, 0.15) is 35.8 Å². The van der Waals surface area contributed by atoms with Crippen LogP contribution >= 0.6 is 0 Å². The Balaban J connectivity index is 1.79. The van der Waals surface area contributed by atoms with Crippen LogP contribution in [0.25, 0.3) is 0 Å². The van der Waals surface area contributed by atoms with E-state index in [2.05, 4.69) is 27.3 Å². The number of hydrogen-bond acceptors (Lipinski definition) is 5. The van der Waals surface area contributed by atoms with Crippen molar-refractivity contribution < 1.29 is 9.94 Å². The molecule has 0 fully saturated rings. The molecule has 1 aromatic carbocycles. The van der Waals surface area contributed by atoms with Crippen LogP contribution in [0.4, 0.5) is 0 Å². The van der Waals surface area contributed by atoms with Gasteiger partial charge in [0.25, 0.3) is 0 Å². The molecule has 0 radical (unpaired) electrons. The van der Waals surface area contributed by atoms with Crippen molar-refractivity contribution in [3.8, 4) is 5.88 Å². The van der Waals surface area contributed by atoms with Gasteiger partial charge in [0.2, 0.25) is 5.88 Å². The maximum atomic E-state index is 8.59. The average molecular weight is 284 g/mol. The van der Waals surface area contributed by atoms with Crippen molar-refractivity contribution in [1.29, 1.82) is 0 Å². The molecular weight excluding hydrogens is 268 g/mol. The van der Waals surface area contributed by atoms with Crippen LogP contribution in [0.5, 0.6) is 5.88 Å². The Hall–Kier alpha value is -2.63. The molecule has 0 aliphatic heterocycles. The van der Waals surface area contributed by atoms with E-state index in [4.69, 9.17) is 15.7 Å². The maximum Gasteiger partial charge on any atom is 0.232 e. The minimum absolute atomic E-state index is 0.000967. The minimum Gasteiger partial charge on any atom is -0.468 e. The summed E-state index contributed by atoms with van der Waals surface area (Å²) in [6, 6.07) is 8.30. The van der Waals surface area contributed by atoms with Crippen molar-refractivity contribution >= 4 is 5.84 Å². The van der Waals surface area contributed by atoms with Crippen molar-refractivity contribution in [1.82, 2.24) is 9.97 Å². The SMILES string of the molecule is NC(=NO)c1cnc(OC2CCCc3ccccc32)cn1. The Morgan fingerprint density at radius 3 is 2.90 bits per heavy atom. The fourth-order valence-corrected chi connectivity index (χ4v) is 2.54. The van der Waals surface area contributed by atoms with Gasteiger partial charge in [-0.05, 0) is 30.4 Å². The first-order valence-electron chi connectivity index (χ1n) is 6.82. The number of amidine groups is 1. The van der Waals surface area contributed by atoms with E-state index >= 15 is 0 Å². The van der Waals surface area contributed by atoms with E-state index < -0.39 is 0 Å². The van der Waals surface area contributed by atoms with Crippen LogP contribution in [0.15, 0.2) is 41.8 Å². The van der Waals surface area contributed by atoms with Crippen molar-refractivity contribution in [3.05, 3.63) is 53.5 Å². The molecule has 0 amide bonds. The van der Waals surface area contributed by atoms with Gasteiger partial charge in [-0.25, -0.2) is 9.97 Å². The van der Waals surface area contributed by atoms with Crippen LogP contribution < -0.4 is 10.5 Å². The Labute approximate surface area is 122 Å².